The lowest BCUT2D eigenvalue weighted by Crippen LogP contribution is -2.41. The van der Waals surface area contributed by atoms with Gasteiger partial charge < -0.3 is 19.5 Å². The fraction of sp³-hybridized carbons (Fsp3) is 0.348. The molecule has 0 aliphatic carbocycles. The number of esters is 1. The average Bonchev–Trinajstić information content (AvgIpc) is 2.70. The summed E-state index contributed by atoms with van der Waals surface area (Å²) < 4.78 is 15.7. The third-order valence-electron chi connectivity index (χ3n) is 3.80. The van der Waals surface area contributed by atoms with Crippen LogP contribution >= 0.6 is 0 Å². The minimum Gasteiger partial charge on any atom is -0.482 e. The van der Waals surface area contributed by atoms with Crippen molar-refractivity contribution >= 4 is 18.3 Å². The molecule has 7 heteroatoms. The Morgan fingerprint density at radius 3 is 2.27 bits per heavy atom. The molecule has 2 aromatic rings. The van der Waals surface area contributed by atoms with Crippen LogP contribution in [0.2, 0.25) is 0 Å². The predicted octanol–water partition coefficient (Wildman–Crippen LogP) is 3.35. The fourth-order valence-electron chi connectivity index (χ4n) is 2.45. The molecule has 1 radical (unpaired) electrons. The molecule has 0 saturated carbocycles. The van der Waals surface area contributed by atoms with Crippen molar-refractivity contribution in [1.82, 2.24) is 5.32 Å². The number of nitrogens with one attached hydrogen (secondary N) is 1. The number of hydrogen-bond acceptors (Lipinski definition) is 6. The summed E-state index contributed by atoms with van der Waals surface area (Å²) in [6, 6.07) is 15.4. The van der Waals surface area contributed by atoms with E-state index in [2.05, 4.69) is 5.32 Å². The van der Waals surface area contributed by atoms with Gasteiger partial charge in [-0.25, -0.2) is 9.59 Å². The lowest BCUT2D eigenvalue weighted by Gasteiger charge is -2.21. The molecule has 0 spiro atoms. The maximum Gasteiger partial charge on any atom is 0.408 e. The van der Waals surface area contributed by atoms with Crippen molar-refractivity contribution in [2.75, 3.05) is 6.61 Å². The normalized spacial score (nSPS) is 11.8. The average molecular weight is 412 g/mol. The highest BCUT2D eigenvalue weighted by Gasteiger charge is 2.20. The summed E-state index contributed by atoms with van der Waals surface area (Å²) in [7, 11) is 0. The number of benzene rings is 2. The molecule has 0 aliphatic heterocycles. The summed E-state index contributed by atoms with van der Waals surface area (Å²) in [5, 5.41) is 2.48. The summed E-state index contributed by atoms with van der Waals surface area (Å²) in [6.45, 7) is 5.19. The van der Waals surface area contributed by atoms with Crippen molar-refractivity contribution < 1.29 is 28.6 Å². The molecule has 0 saturated heterocycles. The van der Waals surface area contributed by atoms with Crippen LogP contribution in [0.4, 0.5) is 4.79 Å². The van der Waals surface area contributed by atoms with E-state index >= 15 is 0 Å². The first-order valence-electron chi connectivity index (χ1n) is 9.53. The lowest BCUT2D eigenvalue weighted by molar-refractivity contribution is -0.147. The number of alkyl carbamates (subject to hydrolysis) is 1. The second kappa shape index (κ2) is 11.0. The Morgan fingerprint density at radius 2 is 1.67 bits per heavy atom. The van der Waals surface area contributed by atoms with E-state index < -0.39 is 23.7 Å². The zero-order valence-corrected chi connectivity index (χ0v) is 17.3. The van der Waals surface area contributed by atoms with E-state index in [0.29, 0.717) is 5.75 Å². The van der Waals surface area contributed by atoms with Crippen LogP contribution in [0, 0.1) is 0 Å². The Labute approximate surface area is 176 Å². The van der Waals surface area contributed by atoms with Crippen molar-refractivity contribution in [3.05, 3.63) is 65.7 Å². The molecule has 159 valence electrons. The SMILES string of the molecule is CC(C)(C)OC(=O)NC([C]=O)Cc1ccc(OCC(=O)OCc2ccccc2)cc1. The Kier molecular flexibility index (Phi) is 8.41. The third kappa shape index (κ3) is 8.77. The van der Waals surface area contributed by atoms with E-state index in [-0.39, 0.29) is 19.6 Å². The molecule has 7 nitrogen and oxygen atoms in total. The van der Waals surface area contributed by atoms with E-state index in [0.717, 1.165) is 11.1 Å². The molecule has 2 rings (SSSR count). The van der Waals surface area contributed by atoms with Crippen LogP contribution in [-0.4, -0.2) is 36.6 Å². The van der Waals surface area contributed by atoms with Crippen LogP contribution in [0.15, 0.2) is 54.6 Å². The van der Waals surface area contributed by atoms with Gasteiger partial charge in [-0.15, -0.1) is 0 Å². The summed E-state index contributed by atoms with van der Waals surface area (Å²) in [5.74, 6) is 0.0160. The highest BCUT2D eigenvalue weighted by molar-refractivity contribution is 5.74. The highest BCUT2D eigenvalue weighted by Crippen LogP contribution is 2.14. The molecule has 2 aromatic carbocycles. The van der Waals surface area contributed by atoms with Crippen LogP contribution in [0.1, 0.15) is 31.9 Å². The molecular weight excluding hydrogens is 386 g/mol. The molecule has 30 heavy (non-hydrogen) atoms. The van der Waals surface area contributed by atoms with Gasteiger partial charge in [-0.3, -0.25) is 4.79 Å². The second-order valence-corrected chi connectivity index (χ2v) is 7.60. The van der Waals surface area contributed by atoms with Gasteiger partial charge in [-0.1, -0.05) is 42.5 Å². The minimum atomic E-state index is -0.834. The van der Waals surface area contributed by atoms with Gasteiger partial charge in [0.05, 0.1) is 0 Å². The molecule has 0 aliphatic rings. The van der Waals surface area contributed by atoms with E-state index in [1.54, 1.807) is 51.3 Å². The lowest BCUT2D eigenvalue weighted by atomic mass is 10.1. The Hall–Kier alpha value is -3.35. The van der Waals surface area contributed by atoms with E-state index in [4.69, 9.17) is 14.2 Å². The molecule has 1 atom stereocenters. The third-order valence-corrected chi connectivity index (χ3v) is 3.80. The van der Waals surface area contributed by atoms with Gasteiger partial charge in [0.2, 0.25) is 6.29 Å². The Bertz CT molecular complexity index is 827. The maximum absolute atomic E-state index is 11.8. The van der Waals surface area contributed by atoms with Crippen molar-refractivity contribution in [2.45, 2.75) is 45.4 Å². The van der Waals surface area contributed by atoms with Crippen LogP contribution in [-0.2, 0) is 32.1 Å². The van der Waals surface area contributed by atoms with E-state index in [1.165, 1.54) is 0 Å². The molecule has 0 fully saturated rings. The summed E-state index contributed by atoms with van der Waals surface area (Å²) in [6.07, 6.45) is 1.37. The zero-order chi connectivity index (χ0) is 22.0. The first-order valence-corrected chi connectivity index (χ1v) is 9.53. The number of carbonyl (C=O) groups excluding carboxylic acids is 3. The van der Waals surface area contributed by atoms with Crippen LogP contribution in [0.3, 0.4) is 0 Å². The van der Waals surface area contributed by atoms with Gasteiger partial charge in [-0.2, -0.15) is 0 Å². The summed E-state index contributed by atoms with van der Waals surface area (Å²) in [4.78, 5) is 34.7. The van der Waals surface area contributed by atoms with Gasteiger partial charge in [0.15, 0.2) is 6.61 Å². The van der Waals surface area contributed by atoms with Crippen molar-refractivity contribution in [1.29, 1.82) is 0 Å². The Morgan fingerprint density at radius 1 is 1.00 bits per heavy atom. The van der Waals surface area contributed by atoms with Crippen LogP contribution < -0.4 is 10.1 Å². The topological polar surface area (TPSA) is 90.9 Å². The molecule has 1 N–H and O–H groups in total. The highest BCUT2D eigenvalue weighted by atomic mass is 16.6. The first-order chi connectivity index (χ1) is 14.2. The predicted molar refractivity (Wildman–Crippen MR) is 111 cm³/mol. The Balaban J connectivity index is 1.77. The number of ether oxygens (including phenoxy) is 3. The largest absolute Gasteiger partial charge is 0.482 e. The molecule has 0 heterocycles. The molecule has 1 amide bonds. The van der Waals surface area contributed by atoms with Crippen molar-refractivity contribution in [2.24, 2.45) is 0 Å². The number of carbonyl (C=O) groups is 2. The van der Waals surface area contributed by atoms with Gasteiger partial charge in [0.1, 0.15) is 24.0 Å². The van der Waals surface area contributed by atoms with Crippen LogP contribution in [0.25, 0.3) is 0 Å². The van der Waals surface area contributed by atoms with Crippen LogP contribution in [0.5, 0.6) is 5.75 Å². The maximum atomic E-state index is 11.8. The van der Waals surface area contributed by atoms with E-state index in [9.17, 15) is 14.4 Å². The quantitative estimate of drug-likeness (QED) is 0.635. The van der Waals surface area contributed by atoms with Crippen molar-refractivity contribution in [3.63, 3.8) is 0 Å². The standard InChI is InChI=1S/C23H26NO6/c1-23(2,3)30-22(27)24-19(14-25)13-17-9-11-20(12-10-17)28-16-21(26)29-15-18-7-5-4-6-8-18/h4-12,19H,13,15-16H2,1-3H3,(H,24,27). The number of hydrogen-bond donors (Lipinski definition) is 1. The van der Waals surface area contributed by atoms with Gasteiger partial charge in [0.25, 0.3) is 0 Å². The fourth-order valence-corrected chi connectivity index (χ4v) is 2.45. The smallest absolute Gasteiger partial charge is 0.408 e. The van der Waals surface area contributed by atoms with Crippen molar-refractivity contribution in [3.8, 4) is 5.75 Å². The van der Waals surface area contributed by atoms with E-state index in [1.807, 2.05) is 30.3 Å². The molecule has 0 aromatic heterocycles. The molecular formula is C23H26NO6. The first kappa shape index (κ1) is 22.9. The summed E-state index contributed by atoms with van der Waals surface area (Å²) in [5.41, 5.74) is 1.04. The zero-order valence-electron chi connectivity index (χ0n) is 17.3. The van der Waals surface area contributed by atoms with Gasteiger partial charge in [0, 0.05) is 6.42 Å². The molecule has 1 unspecified atom stereocenters. The monoisotopic (exact) mass is 412 g/mol. The number of amides is 1. The van der Waals surface area contributed by atoms with Gasteiger partial charge in [-0.05, 0) is 44.0 Å². The second-order valence-electron chi connectivity index (χ2n) is 7.60. The minimum absolute atomic E-state index is 0.191. The van der Waals surface area contributed by atoms with Gasteiger partial charge >= 0.3 is 12.1 Å². The summed E-state index contributed by atoms with van der Waals surface area (Å²) >= 11 is 0. The molecule has 0 bridgehead atoms. The number of rotatable bonds is 9.